The van der Waals surface area contributed by atoms with E-state index >= 15 is 0 Å². The Morgan fingerprint density at radius 1 is 1.12 bits per heavy atom. The van der Waals surface area contributed by atoms with Crippen molar-refractivity contribution in [3.63, 3.8) is 0 Å². The number of hydrogen-bond acceptors (Lipinski definition) is 5. The molecule has 24 heavy (non-hydrogen) atoms. The molecule has 1 aliphatic rings. The zero-order chi connectivity index (χ0) is 16.9. The molecule has 2 aromatic rings. The van der Waals surface area contributed by atoms with Crippen molar-refractivity contribution in [2.24, 2.45) is 0 Å². The van der Waals surface area contributed by atoms with Crippen molar-refractivity contribution in [1.82, 2.24) is 4.98 Å². The molecule has 1 aromatic carbocycles. The standard InChI is InChI=1S/C18H22ClN3O2/c1-23-15-9-14(10-16(11-15)24-2)21-13-4-7-22(8-5-13)18-3-6-20-12-17(18)19/h3,6,9-13,21H,4-5,7-8H2,1-2H3. The van der Waals surface area contributed by atoms with Gasteiger partial charge in [-0.1, -0.05) is 11.6 Å². The van der Waals surface area contributed by atoms with Crippen molar-refractivity contribution < 1.29 is 9.47 Å². The second-order valence-corrected chi connectivity index (χ2v) is 6.24. The summed E-state index contributed by atoms with van der Waals surface area (Å²) >= 11 is 6.24. The molecular formula is C18H22ClN3O2. The molecule has 0 atom stereocenters. The van der Waals surface area contributed by atoms with Crippen LogP contribution in [0.15, 0.2) is 36.7 Å². The Labute approximate surface area is 147 Å². The molecule has 1 aromatic heterocycles. The molecule has 1 N–H and O–H groups in total. The first-order valence-electron chi connectivity index (χ1n) is 8.03. The summed E-state index contributed by atoms with van der Waals surface area (Å²) in [6.07, 6.45) is 5.56. The number of nitrogens with one attached hydrogen (secondary N) is 1. The van der Waals surface area contributed by atoms with Crippen LogP contribution < -0.4 is 19.7 Å². The number of halogens is 1. The van der Waals surface area contributed by atoms with Crippen LogP contribution in [0.3, 0.4) is 0 Å². The first kappa shape index (κ1) is 16.7. The molecule has 0 radical (unpaired) electrons. The SMILES string of the molecule is COc1cc(NC2CCN(c3ccncc3Cl)CC2)cc(OC)c1. The van der Waals surface area contributed by atoms with E-state index in [1.165, 1.54) is 0 Å². The average molecular weight is 348 g/mol. The van der Waals surface area contributed by atoms with Crippen molar-refractivity contribution in [2.75, 3.05) is 37.5 Å². The summed E-state index contributed by atoms with van der Waals surface area (Å²) in [4.78, 5) is 6.36. The van der Waals surface area contributed by atoms with Crippen LogP contribution in [0.2, 0.25) is 5.02 Å². The van der Waals surface area contributed by atoms with E-state index < -0.39 is 0 Å². The monoisotopic (exact) mass is 347 g/mol. The largest absolute Gasteiger partial charge is 0.497 e. The van der Waals surface area contributed by atoms with E-state index in [1.807, 2.05) is 24.3 Å². The van der Waals surface area contributed by atoms with E-state index in [1.54, 1.807) is 26.6 Å². The maximum Gasteiger partial charge on any atom is 0.124 e. The molecule has 1 saturated heterocycles. The van der Waals surface area contributed by atoms with Gasteiger partial charge >= 0.3 is 0 Å². The van der Waals surface area contributed by atoms with Gasteiger partial charge in [0.05, 0.1) is 24.9 Å². The summed E-state index contributed by atoms with van der Waals surface area (Å²) in [6, 6.07) is 8.25. The van der Waals surface area contributed by atoms with Gasteiger partial charge in [0.25, 0.3) is 0 Å². The molecule has 3 rings (SSSR count). The second-order valence-electron chi connectivity index (χ2n) is 5.83. The molecule has 0 spiro atoms. The summed E-state index contributed by atoms with van der Waals surface area (Å²) in [5, 5.41) is 4.29. The van der Waals surface area contributed by atoms with Gasteiger partial charge in [0.15, 0.2) is 0 Å². The van der Waals surface area contributed by atoms with Crippen molar-refractivity contribution in [3.8, 4) is 11.5 Å². The van der Waals surface area contributed by atoms with Gasteiger partial charge in [0.2, 0.25) is 0 Å². The number of anilines is 2. The van der Waals surface area contributed by atoms with Crippen LogP contribution in [-0.4, -0.2) is 38.3 Å². The van der Waals surface area contributed by atoms with Crippen molar-refractivity contribution >= 4 is 23.0 Å². The van der Waals surface area contributed by atoms with E-state index in [9.17, 15) is 0 Å². The maximum atomic E-state index is 6.24. The fourth-order valence-corrected chi connectivity index (χ4v) is 3.25. The van der Waals surface area contributed by atoms with Gasteiger partial charge in [-0.15, -0.1) is 0 Å². The highest BCUT2D eigenvalue weighted by Crippen LogP contribution is 2.30. The number of ether oxygens (including phenoxy) is 2. The predicted molar refractivity (Wildman–Crippen MR) is 97.7 cm³/mol. The number of methoxy groups -OCH3 is 2. The van der Waals surface area contributed by atoms with E-state index in [0.29, 0.717) is 11.1 Å². The zero-order valence-corrected chi connectivity index (χ0v) is 14.7. The van der Waals surface area contributed by atoms with Crippen LogP contribution in [0, 0.1) is 0 Å². The summed E-state index contributed by atoms with van der Waals surface area (Å²) < 4.78 is 10.7. The lowest BCUT2D eigenvalue weighted by Gasteiger charge is -2.34. The highest BCUT2D eigenvalue weighted by molar-refractivity contribution is 6.33. The number of piperidine rings is 1. The molecule has 0 bridgehead atoms. The molecule has 6 heteroatoms. The lowest BCUT2D eigenvalue weighted by atomic mass is 10.0. The van der Waals surface area contributed by atoms with Crippen LogP contribution in [0.4, 0.5) is 11.4 Å². The molecule has 0 saturated carbocycles. The van der Waals surface area contributed by atoms with Gasteiger partial charge in [-0.05, 0) is 18.9 Å². The van der Waals surface area contributed by atoms with Gasteiger partial charge in [0.1, 0.15) is 11.5 Å². The normalized spacial score (nSPS) is 15.2. The average Bonchev–Trinajstić information content (AvgIpc) is 2.62. The first-order chi connectivity index (χ1) is 11.7. The number of rotatable bonds is 5. The third-order valence-electron chi connectivity index (χ3n) is 4.31. The van der Waals surface area contributed by atoms with Crippen LogP contribution in [0.5, 0.6) is 11.5 Å². The fourth-order valence-electron chi connectivity index (χ4n) is 3.02. The third kappa shape index (κ3) is 3.85. The van der Waals surface area contributed by atoms with Crippen molar-refractivity contribution in [2.45, 2.75) is 18.9 Å². The number of nitrogens with zero attached hydrogens (tertiary/aromatic N) is 2. The molecule has 1 fully saturated rings. The minimum atomic E-state index is 0.415. The Morgan fingerprint density at radius 2 is 1.79 bits per heavy atom. The Balaban J connectivity index is 1.62. The summed E-state index contributed by atoms with van der Waals surface area (Å²) in [5.41, 5.74) is 2.08. The molecule has 128 valence electrons. The van der Waals surface area contributed by atoms with Crippen LogP contribution >= 0.6 is 11.6 Å². The summed E-state index contributed by atoms with van der Waals surface area (Å²) in [7, 11) is 3.32. The van der Waals surface area contributed by atoms with E-state index in [0.717, 1.165) is 48.8 Å². The highest BCUT2D eigenvalue weighted by Gasteiger charge is 2.21. The Bertz CT molecular complexity index is 665. The fraction of sp³-hybridized carbons (Fsp3) is 0.389. The van der Waals surface area contributed by atoms with E-state index in [2.05, 4.69) is 15.2 Å². The van der Waals surface area contributed by atoms with E-state index in [4.69, 9.17) is 21.1 Å². The topological polar surface area (TPSA) is 46.6 Å². The number of benzene rings is 1. The summed E-state index contributed by atoms with van der Waals surface area (Å²) in [5.74, 6) is 1.58. The van der Waals surface area contributed by atoms with Crippen LogP contribution in [-0.2, 0) is 0 Å². The Morgan fingerprint density at radius 3 is 2.38 bits per heavy atom. The smallest absolute Gasteiger partial charge is 0.124 e. The molecule has 0 aliphatic carbocycles. The minimum absolute atomic E-state index is 0.415. The Kier molecular flexibility index (Phi) is 5.30. The second kappa shape index (κ2) is 7.62. The Hall–Kier alpha value is -2.14. The molecule has 5 nitrogen and oxygen atoms in total. The lowest BCUT2D eigenvalue weighted by molar-refractivity contribution is 0.394. The summed E-state index contributed by atoms with van der Waals surface area (Å²) in [6.45, 7) is 1.92. The van der Waals surface area contributed by atoms with Gasteiger partial charge in [0, 0.05) is 55.4 Å². The van der Waals surface area contributed by atoms with Crippen molar-refractivity contribution in [3.05, 3.63) is 41.7 Å². The van der Waals surface area contributed by atoms with Gasteiger partial charge < -0.3 is 19.7 Å². The molecule has 1 aliphatic heterocycles. The minimum Gasteiger partial charge on any atom is -0.497 e. The molecule has 0 amide bonds. The van der Waals surface area contributed by atoms with E-state index in [-0.39, 0.29) is 0 Å². The predicted octanol–water partition coefficient (Wildman–Crippen LogP) is 3.83. The first-order valence-corrected chi connectivity index (χ1v) is 8.41. The van der Waals surface area contributed by atoms with Crippen molar-refractivity contribution in [1.29, 1.82) is 0 Å². The molecule has 0 unspecified atom stereocenters. The van der Waals surface area contributed by atoms with Gasteiger partial charge in [-0.2, -0.15) is 0 Å². The number of aromatic nitrogens is 1. The molecule has 2 heterocycles. The third-order valence-corrected chi connectivity index (χ3v) is 4.60. The highest BCUT2D eigenvalue weighted by atomic mass is 35.5. The van der Waals surface area contributed by atoms with Crippen LogP contribution in [0.25, 0.3) is 0 Å². The van der Waals surface area contributed by atoms with Gasteiger partial charge in [-0.25, -0.2) is 0 Å². The lowest BCUT2D eigenvalue weighted by Crippen LogP contribution is -2.39. The number of pyridine rings is 1. The maximum absolute atomic E-state index is 6.24. The number of hydrogen-bond donors (Lipinski definition) is 1. The quantitative estimate of drug-likeness (QED) is 0.890. The van der Waals surface area contributed by atoms with Crippen LogP contribution in [0.1, 0.15) is 12.8 Å². The molecular weight excluding hydrogens is 326 g/mol. The zero-order valence-electron chi connectivity index (χ0n) is 14.0. The van der Waals surface area contributed by atoms with Gasteiger partial charge in [-0.3, -0.25) is 4.98 Å².